The van der Waals surface area contributed by atoms with Gasteiger partial charge in [-0.3, -0.25) is 9.13 Å². The van der Waals surface area contributed by atoms with Crippen LogP contribution in [0.3, 0.4) is 0 Å². The van der Waals surface area contributed by atoms with Crippen LogP contribution in [0.1, 0.15) is 50.7 Å². The van der Waals surface area contributed by atoms with Crippen LogP contribution in [0.5, 0.6) is 11.5 Å². The molecule has 0 saturated heterocycles. The van der Waals surface area contributed by atoms with Gasteiger partial charge in [-0.25, -0.2) is 4.98 Å². The molecular weight excluding hydrogens is 663 g/mol. The SMILES string of the molecule is CC(C)c1cccc(C(C)C)c1-n1ccnc1-n1c2ccccc2c2ccc(Oc3cccc(N4C=CN(c5cccc(-c6ccccc6)c5)C4)c3)cc21. The molecule has 1 aliphatic heterocycles. The number of fused-ring (bicyclic) bond motifs is 3. The molecule has 8 aromatic rings. The fraction of sp³-hybridized carbons (Fsp3) is 0.146. The molecule has 0 saturated carbocycles. The number of rotatable bonds is 9. The van der Waals surface area contributed by atoms with E-state index >= 15 is 0 Å². The summed E-state index contributed by atoms with van der Waals surface area (Å²) in [6.07, 6.45) is 8.28. The van der Waals surface area contributed by atoms with Crippen molar-refractivity contribution in [2.45, 2.75) is 39.5 Å². The molecule has 0 bridgehead atoms. The van der Waals surface area contributed by atoms with Gasteiger partial charge in [0.2, 0.25) is 5.95 Å². The third kappa shape index (κ3) is 6.00. The molecule has 3 heterocycles. The van der Waals surface area contributed by atoms with Crippen LogP contribution in [0.2, 0.25) is 0 Å². The van der Waals surface area contributed by atoms with Gasteiger partial charge in [0.15, 0.2) is 0 Å². The number of para-hydroxylation sites is 2. The molecule has 0 unspecified atom stereocenters. The van der Waals surface area contributed by atoms with Crippen LogP contribution in [0, 0.1) is 0 Å². The number of benzene rings is 6. The van der Waals surface area contributed by atoms with E-state index in [1.54, 1.807) is 0 Å². The standard InChI is InChI=1S/C48H43N5O/c1-33(2)41-20-12-21-42(34(3)4)47(41)52-26-25-49-48(52)53-45-22-9-8-19-43(45)44-24-23-40(31-46(44)53)54-39-18-11-17-38(30-39)51-28-27-50(32-51)37-16-10-15-36(29-37)35-13-6-5-7-14-35/h5-31,33-34H,32H2,1-4H3. The summed E-state index contributed by atoms with van der Waals surface area (Å²) in [5.74, 6) is 3.11. The lowest BCUT2D eigenvalue weighted by atomic mass is 9.92. The molecule has 0 N–H and O–H groups in total. The Morgan fingerprint density at radius 3 is 1.94 bits per heavy atom. The van der Waals surface area contributed by atoms with E-state index in [0.717, 1.165) is 45.2 Å². The summed E-state index contributed by atoms with van der Waals surface area (Å²) in [5, 5.41) is 2.33. The average Bonchev–Trinajstić information content (AvgIpc) is 3.96. The summed E-state index contributed by atoms with van der Waals surface area (Å²) >= 11 is 0. The fourth-order valence-corrected chi connectivity index (χ4v) is 7.77. The van der Waals surface area contributed by atoms with Gasteiger partial charge in [0.1, 0.15) is 11.5 Å². The van der Waals surface area contributed by atoms with Gasteiger partial charge in [-0.15, -0.1) is 0 Å². The Kier molecular flexibility index (Phi) is 8.51. The molecule has 0 fully saturated rings. The second kappa shape index (κ2) is 13.8. The van der Waals surface area contributed by atoms with E-state index in [0.29, 0.717) is 18.5 Å². The summed E-state index contributed by atoms with van der Waals surface area (Å²) in [6, 6.07) is 49.2. The summed E-state index contributed by atoms with van der Waals surface area (Å²) in [4.78, 5) is 9.53. The van der Waals surface area contributed by atoms with E-state index in [4.69, 9.17) is 9.72 Å². The van der Waals surface area contributed by atoms with Crippen LogP contribution < -0.4 is 14.5 Å². The fourth-order valence-electron chi connectivity index (χ4n) is 7.77. The summed E-state index contributed by atoms with van der Waals surface area (Å²) in [7, 11) is 0. The molecule has 0 radical (unpaired) electrons. The Morgan fingerprint density at radius 1 is 0.556 bits per heavy atom. The van der Waals surface area contributed by atoms with Crippen LogP contribution in [-0.4, -0.2) is 20.8 Å². The number of aromatic nitrogens is 3. The first-order valence-electron chi connectivity index (χ1n) is 18.8. The van der Waals surface area contributed by atoms with Gasteiger partial charge >= 0.3 is 0 Å². The van der Waals surface area contributed by atoms with Crippen molar-refractivity contribution in [3.05, 3.63) is 175 Å². The first-order valence-corrected chi connectivity index (χ1v) is 18.8. The highest BCUT2D eigenvalue weighted by atomic mass is 16.5. The van der Waals surface area contributed by atoms with Crippen molar-refractivity contribution in [2.75, 3.05) is 16.5 Å². The van der Waals surface area contributed by atoms with Crippen molar-refractivity contribution in [1.29, 1.82) is 0 Å². The number of hydrogen-bond acceptors (Lipinski definition) is 4. The molecule has 6 aromatic carbocycles. The number of hydrogen-bond donors (Lipinski definition) is 0. The Hall–Kier alpha value is -6.53. The Labute approximate surface area is 316 Å². The zero-order valence-corrected chi connectivity index (χ0v) is 31.1. The zero-order valence-electron chi connectivity index (χ0n) is 31.1. The maximum atomic E-state index is 6.64. The molecule has 0 atom stereocenters. The highest BCUT2D eigenvalue weighted by Crippen LogP contribution is 2.38. The van der Waals surface area contributed by atoms with Crippen LogP contribution in [0.25, 0.3) is 44.6 Å². The number of imidazole rings is 1. The van der Waals surface area contributed by atoms with Gasteiger partial charge in [0, 0.05) is 59.1 Å². The Bertz CT molecular complexity index is 2620. The largest absolute Gasteiger partial charge is 0.457 e. The number of nitrogens with zero attached hydrogens (tertiary/aromatic N) is 5. The van der Waals surface area contributed by atoms with Crippen LogP contribution >= 0.6 is 0 Å². The lowest BCUT2D eigenvalue weighted by Gasteiger charge is -2.22. The highest BCUT2D eigenvalue weighted by Gasteiger charge is 2.22. The zero-order chi connectivity index (χ0) is 36.8. The van der Waals surface area contributed by atoms with Gasteiger partial charge in [-0.1, -0.05) is 113 Å². The average molecular weight is 706 g/mol. The van der Waals surface area contributed by atoms with Crippen molar-refractivity contribution in [3.8, 4) is 34.3 Å². The van der Waals surface area contributed by atoms with E-state index in [-0.39, 0.29) is 0 Å². The van der Waals surface area contributed by atoms with Crippen molar-refractivity contribution >= 4 is 33.2 Å². The van der Waals surface area contributed by atoms with E-state index < -0.39 is 0 Å². The first-order chi connectivity index (χ1) is 26.4. The highest BCUT2D eigenvalue weighted by molar-refractivity contribution is 6.09. The third-order valence-corrected chi connectivity index (χ3v) is 10.5. The summed E-state index contributed by atoms with van der Waals surface area (Å²) in [6.45, 7) is 9.76. The maximum Gasteiger partial charge on any atom is 0.219 e. The molecule has 266 valence electrons. The molecule has 1 aliphatic rings. The summed E-state index contributed by atoms with van der Waals surface area (Å²) in [5.41, 5.74) is 10.6. The second-order valence-electron chi connectivity index (χ2n) is 14.6. The predicted molar refractivity (Wildman–Crippen MR) is 223 cm³/mol. The van der Waals surface area contributed by atoms with Crippen LogP contribution in [0.4, 0.5) is 11.4 Å². The minimum atomic E-state index is 0.354. The van der Waals surface area contributed by atoms with Crippen LogP contribution in [0.15, 0.2) is 164 Å². The Morgan fingerprint density at radius 2 is 1.19 bits per heavy atom. The van der Waals surface area contributed by atoms with E-state index in [1.807, 2.05) is 12.3 Å². The van der Waals surface area contributed by atoms with Crippen molar-refractivity contribution in [1.82, 2.24) is 14.1 Å². The van der Waals surface area contributed by atoms with Gasteiger partial charge < -0.3 is 14.5 Å². The second-order valence-corrected chi connectivity index (χ2v) is 14.6. The quantitative estimate of drug-likeness (QED) is 0.150. The number of anilines is 2. The monoisotopic (exact) mass is 705 g/mol. The topological polar surface area (TPSA) is 38.5 Å². The maximum absolute atomic E-state index is 6.64. The van der Waals surface area contributed by atoms with Crippen molar-refractivity contribution in [3.63, 3.8) is 0 Å². The first kappa shape index (κ1) is 33.3. The minimum Gasteiger partial charge on any atom is -0.457 e. The van der Waals surface area contributed by atoms with Gasteiger partial charge in [0.25, 0.3) is 0 Å². The van der Waals surface area contributed by atoms with Crippen LogP contribution in [-0.2, 0) is 0 Å². The van der Waals surface area contributed by atoms with Gasteiger partial charge in [0.05, 0.1) is 23.4 Å². The van der Waals surface area contributed by atoms with Gasteiger partial charge in [-0.2, -0.15) is 0 Å². The molecule has 6 nitrogen and oxygen atoms in total. The lowest BCUT2D eigenvalue weighted by molar-refractivity contribution is 0.483. The van der Waals surface area contributed by atoms with Gasteiger partial charge in [-0.05, 0) is 76.6 Å². The van der Waals surface area contributed by atoms with E-state index in [2.05, 4.69) is 199 Å². The third-order valence-electron chi connectivity index (χ3n) is 10.5. The molecule has 0 aliphatic carbocycles. The lowest BCUT2D eigenvalue weighted by Crippen LogP contribution is -2.24. The van der Waals surface area contributed by atoms with Crippen molar-refractivity contribution < 1.29 is 4.74 Å². The summed E-state index contributed by atoms with van der Waals surface area (Å²) < 4.78 is 11.2. The number of ether oxygens (including phenoxy) is 1. The molecule has 2 aromatic heterocycles. The smallest absolute Gasteiger partial charge is 0.219 e. The van der Waals surface area contributed by atoms with E-state index in [9.17, 15) is 0 Å². The molecule has 9 rings (SSSR count). The molecule has 0 spiro atoms. The predicted octanol–water partition coefficient (Wildman–Crippen LogP) is 12.4. The van der Waals surface area contributed by atoms with Crippen molar-refractivity contribution in [2.24, 2.45) is 0 Å². The molecule has 6 heteroatoms. The normalized spacial score (nSPS) is 12.9. The molecule has 0 amide bonds. The minimum absolute atomic E-state index is 0.354. The molecule has 54 heavy (non-hydrogen) atoms. The Balaban J connectivity index is 1.04. The van der Waals surface area contributed by atoms with E-state index in [1.165, 1.54) is 33.3 Å². The molecular formula is C48H43N5O.